The van der Waals surface area contributed by atoms with Gasteiger partial charge >= 0.3 is 17.8 Å². The third kappa shape index (κ3) is 4.34. The van der Waals surface area contributed by atoms with Crippen molar-refractivity contribution < 1.29 is 31.9 Å². The standard InChI is InChI=1S/C15H21F3N4O4/c1-3-25-13(24)14(15(16,17)18,19-12(23)11-5-4-10-26-11)20-22-8-6-21(2)7-9-22/h4-5,10,20H,3,6-9H2,1-2H3,(H,19,23). The van der Waals surface area contributed by atoms with Crippen molar-refractivity contribution >= 4 is 11.9 Å². The van der Waals surface area contributed by atoms with Crippen LogP contribution in [0.3, 0.4) is 0 Å². The number of ether oxygens (including phenoxy) is 1. The molecule has 1 unspecified atom stereocenters. The van der Waals surface area contributed by atoms with Gasteiger partial charge in [0.05, 0.1) is 12.9 Å². The minimum absolute atomic E-state index is 0.227. The molecule has 0 bridgehead atoms. The van der Waals surface area contributed by atoms with Gasteiger partial charge in [0.25, 0.3) is 5.91 Å². The smallest absolute Gasteiger partial charge is 0.437 e. The summed E-state index contributed by atoms with van der Waals surface area (Å²) >= 11 is 0. The first kappa shape index (κ1) is 20.2. The number of nitrogens with zero attached hydrogens (tertiary/aromatic N) is 2. The number of furan rings is 1. The Morgan fingerprint density at radius 3 is 2.42 bits per heavy atom. The summed E-state index contributed by atoms with van der Waals surface area (Å²) < 4.78 is 51.2. The van der Waals surface area contributed by atoms with Gasteiger partial charge in [-0.05, 0) is 26.1 Å². The number of hydrogen-bond acceptors (Lipinski definition) is 7. The summed E-state index contributed by atoms with van der Waals surface area (Å²) in [6.45, 7) is 2.54. The van der Waals surface area contributed by atoms with Crippen LogP contribution in [0.1, 0.15) is 17.5 Å². The number of alkyl halides is 3. The number of hydrogen-bond donors (Lipinski definition) is 2. The predicted molar refractivity (Wildman–Crippen MR) is 83.8 cm³/mol. The van der Waals surface area contributed by atoms with E-state index in [4.69, 9.17) is 4.42 Å². The molecule has 1 aromatic rings. The van der Waals surface area contributed by atoms with Crippen molar-refractivity contribution in [2.75, 3.05) is 39.8 Å². The van der Waals surface area contributed by atoms with E-state index in [1.165, 1.54) is 24.1 Å². The molecule has 1 fully saturated rings. The number of likely N-dealkylation sites (N-methyl/N-ethyl adjacent to an activating group) is 1. The summed E-state index contributed by atoms with van der Waals surface area (Å²) in [5.74, 6) is -3.20. The second kappa shape index (κ2) is 8.06. The molecule has 0 aliphatic carbocycles. The number of halogens is 3. The second-order valence-corrected chi connectivity index (χ2v) is 5.80. The highest BCUT2D eigenvalue weighted by Gasteiger charge is 2.64. The van der Waals surface area contributed by atoms with Gasteiger partial charge in [0.2, 0.25) is 0 Å². The Balaban J connectivity index is 2.33. The van der Waals surface area contributed by atoms with E-state index in [2.05, 4.69) is 10.2 Å². The van der Waals surface area contributed by atoms with Crippen LogP contribution in [-0.2, 0) is 9.53 Å². The number of nitrogens with one attached hydrogen (secondary N) is 2. The van der Waals surface area contributed by atoms with Gasteiger partial charge in [-0.15, -0.1) is 0 Å². The molecule has 2 N–H and O–H groups in total. The molecule has 0 saturated carbocycles. The highest BCUT2D eigenvalue weighted by atomic mass is 19.4. The molecule has 11 heteroatoms. The molecule has 0 radical (unpaired) electrons. The number of amides is 1. The third-order valence-corrected chi connectivity index (χ3v) is 3.88. The number of piperazine rings is 1. The van der Waals surface area contributed by atoms with Gasteiger partial charge in [-0.1, -0.05) is 0 Å². The van der Waals surface area contributed by atoms with Crippen LogP contribution in [0.15, 0.2) is 22.8 Å². The lowest BCUT2D eigenvalue weighted by Gasteiger charge is -2.41. The van der Waals surface area contributed by atoms with Crippen molar-refractivity contribution in [1.29, 1.82) is 0 Å². The number of esters is 1. The molecule has 2 rings (SSSR count). The quantitative estimate of drug-likeness (QED) is 0.553. The average Bonchev–Trinajstić information content (AvgIpc) is 3.10. The monoisotopic (exact) mass is 378 g/mol. The summed E-state index contributed by atoms with van der Waals surface area (Å²) in [6.07, 6.45) is -4.02. The first-order chi connectivity index (χ1) is 12.2. The van der Waals surface area contributed by atoms with Gasteiger partial charge in [-0.2, -0.15) is 13.2 Å². The van der Waals surface area contributed by atoms with E-state index in [-0.39, 0.29) is 25.5 Å². The maximum atomic E-state index is 13.9. The van der Waals surface area contributed by atoms with Gasteiger partial charge in [0.1, 0.15) is 0 Å². The van der Waals surface area contributed by atoms with E-state index in [9.17, 15) is 22.8 Å². The fourth-order valence-corrected chi connectivity index (χ4v) is 2.41. The SMILES string of the molecule is CCOC(=O)C(NC(=O)c1ccco1)(NN1CCN(C)CC1)C(F)(F)F. The van der Waals surface area contributed by atoms with E-state index in [0.717, 1.165) is 6.26 Å². The fraction of sp³-hybridized carbons (Fsp3) is 0.600. The van der Waals surface area contributed by atoms with Crippen LogP contribution in [0.5, 0.6) is 0 Å². The molecule has 0 spiro atoms. The first-order valence-corrected chi connectivity index (χ1v) is 8.01. The molecular formula is C15H21F3N4O4. The Labute approximate surface area is 148 Å². The van der Waals surface area contributed by atoms with Crippen molar-refractivity contribution in [2.24, 2.45) is 0 Å². The molecule has 8 nitrogen and oxygen atoms in total. The largest absolute Gasteiger partial charge is 0.463 e. The number of hydrazine groups is 1. The zero-order valence-electron chi connectivity index (χ0n) is 14.4. The zero-order chi connectivity index (χ0) is 19.4. The average molecular weight is 378 g/mol. The third-order valence-electron chi connectivity index (χ3n) is 3.88. The van der Waals surface area contributed by atoms with Crippen LogP contribution in [0.2, 0.25) is 0 Å². The summed E-state index contributed by atoms with van der Waals surface area (Å²) in [6, 6.07) is 2.54. The molecule has 146 valence electrons. The summed E-state index contributed by atoms with van der Waals surface area (Å²) in [5, 5.41) is 2.96. The van der Waals surface area contributed by atoms with Crippen molar-refractivity contribution in [1.82, 2.24) is 20.7 Å². The van der Waals surface area contributed by atoms with E-state index < -0.39 is 23.7 Å². The molecule has 1 atom stereocenters. The van der Waals surface area contributed by atoms with E-state index in [1.54, 1.807) is 5.32 Å². The zero-order valence-corrected chi connectivity index (χ0v) is 14.4. The molecule has 1 amide bonds. The lowest BCUT2D eigenvalue weighted by atomic mass is 10.1. The minimum Gasteiger partial charge on any atom is -0.463 e. The van der Waals surface area contributed by atoms with Crippen LogP contribution >= 0.6 is 0 Å². The van der Waals surface area contributed by atoms with Crippen molar-refractivity contribution in [3.8, 4) is 0 Å². The van der Waals surface area contributed by atoms with Crippen LogP contribution in [0.4, 0.5) is 13.2 Å². The van der Waals surface area contributed by atoms with Gasteiger partial charge in [0, 0.05) is 26.2 Å². The number of carbonyl (C=O) groups excluding carboxylic acids is 2. The van der Waals surface area contributed by atoms with Crippen molar-refractivity contribution in [3.63, 3.8) is 0 Å². The van der Waals surface area contributed by atoms with Gasteiger partial charge < -0.3 is 19.4 Å². The van der Waals surface area contributed by atoms with Crippen LogP contribution in [-0.4, -0.2) is 73.5 Å². The Morgan fingerprint density at radius 2 is 1.92 bits per heavy atom. The topological polar surface area (TPSA) is 87.0 Å². The second-order valence-electron chi connectivity index (χ2n) is 5.80. The molecule has 2 heterocycles. The van der Waals surface area contributed by atoms with Crippen LogP contribution in [0.25, 0.3) is 0 Å². The predicted octanol–water partition coefficient (Wildman–Crippen LogP) is 0.583. The van der Waals surface area contributed by atoms with Gasteiger partial charge in [-0.3, -0.25) is 4.79 Å². The summed E-state index contributed by atoms with van der Waals surface area (Å²) in [7, 11) is 1.83. The normalized spacial score (nSPS) is 19.0. The molecular weight excluding hydrogens is 357 g/mol. The molecule has 0 aromatic carbocycles. The summed E-state index contributed by atoms with van der Waals surface area (Å²) in [4.78, 5) is 26.4. The lowest BCUT2D eigenvalue weighted by molar-refractivity contribution is -0.231. The fourth-order valence-electron chi connectivity index (χ4n) is 2.41. The van der Waals surface area contributed by atoms with Gasteiger partial charge in [-0.25, -0.2) is 15.2 Å². The van der Waals surface area contributed by atoms with Crippen LogP contribution in [0, 0.1) is 0 Å². The number of carbonyl (C=O) groups is 2. The number of rotatable bonds is 6. The molecule has 26 heavy (non-hydrogen) atoms. The maximum Gasteiger partial charge on any atom is 0.437 e. The van der Waals surface area contributed by atoms with E-state index in [1.807, 2.05) is 11.9 Å². The molecule has 1 aromatic heterocycles. The van der Waals surface area contributed by atoms with Crippen molar-refractivity contribution in [2.45, 2.75) is 18.8 Å². The highest BCUT2D eigenvalue weighted by Crippen LogP contribution is 2.31. The molecule has 1 aliphatic heterocycles. The summed E-state index contributed by atoms with van der Waals surface area (Å²) in [5.41, 5.74) is -1.29. The van der Waals surface area contributed by atoms with Crippen LogP contribution < -0.4 is 10.7 Å². The maximum absolute atomic E-state index is 13.9. The Morgan fingerprint density at radius 1 is 1.27 bits per heavy atom. The Kier molecular flexibility index (Phi) is 6.26. The molecule has 1 saturated heterocycles. The van der Waals surface area contributed by atoms with E-state index >= 15 is 0 Å². The Hall–Kier alpha value is -2.11. The van der Waals surface area contributed by atoms with Crippen molar-refractivity contribution in [3.05, 3.63) is 24.2 Å². The minimum atomic E-state index is -5.16. The first-order valence-electron chi connectivity index (χ1n) is 8.01. The van der Waals surface area contributed by atoms with Gasteiger partial charge in [0.15, 0.2) is 5.76 Å². The Bertz CT molecular complexity index is 615. The lowest BCUT2D eigenvalue weighted by Crippen LogP contribution is -2.76. The molecule has 1 aliphatic rings. The van der Waals surface area contributed by atoms with E-state index in [0.29, 0.717) is 13.1 Å². The highest BCUT2D eigenvalue weighted by molar-refractivity contribution is 5.96.